The van der Waals surface area contributed by atoms with Gasteiger partial charge in [-0.25, -0.2) is 0 Å². The fourth-order valence-corrected chi connectivity index (χ4v) is 2.68. The quantitative estimate of drug-likeness (QED) is 0.853. The van der Waals surface area contributed by atoms with Gasteiger partial charge in [0.05, 0.1) is 11.1 Å². The summed E-state index contributed by atoms with van der Waals surface area (Å²) >= 11 is 0. The molecule has 0 unspecified atom stereocenters. The number of carbonyl (C=O) groups is 4. The maximum Gasteiger partial charge on any atom is 0.262 e. The Labute approximate surface area is 150 Å². The molecule has 0 fully saturated rings. The summed E-state index contributed by atoms with van der Waals surface area (Å²) in [7, 11) is 1.65. The Hall–Kier alpha value is -3.48. The van der Waals surface area contributed by atoms with E-state index in [0.717, 1.165) is 4.90 Å². The number of imide groups is 1. The maximum absolute atomic E-state index is 12.3. The van der Waals surface area contributed by atoms with E-state index in [4.69, 9.17) is 0 Å². The van der Waals surface area contributed by atoms with Gasteiger partial charge in [-0.05, 0) is 36.4 Å². The summed E-state index contributed by atoms with van der Waals surface area (Å²) in [5.74, 6) is -1.53. The van der Waals surface area contributed by atoms with E-state index >= 15 is 0 Å². The molecule has 2 aromatic carbocycles. The van der Waals surface area contributed by atoms with Crippen molar-refractivity contribution < 1.29 is 19.2 Å². The number of nitrogens with zero attached hydrogens (tertiary/aromatic N) is 2. The van der Waals surface area contributed by atoms with Crippen LogP contribution in [-0.4, -0.2) is 42.1 Å². The van der Waals surface area contributed by atoms with Gasteiger partial charge in [0.25, 0.3) is 11.8 Å². The lowest BCUT2D eigenvalue weighted by Crippen LogP contribution is -2.37. The number of benzene rings is 2. The van der Waals surface area contributed by atoms with E-state index in [0.29, 0.717) is 22.5 Å². The van der Waals surface area contributed by atoms with Gasteiger partial charge in [-0.2, -0.15) is 0 Å². The highest BCUT2D eigenvalue weighted by Crippen LogP contribution is 2.22. The van der Waals surface area contributed by atoms with E-state index in [1.165, 1.54) is 11.8 Å². The molecule has 4 amide bonds. The van der Waals surface area contributed by atoms with Crippen LogP contribution in [0.1, 0.15) is 27.6 Å². The third-order valence-corrected chi connectivity index (χ3v) is 4.19. The number of amides is 4. The number of fused-ring (bicyclic) bond motifs is 1. The first kappa shape index (κ1) is 17.3. The van der Waals surface area contributed by atoms with Crippen LogP contribution in [0.25, 0.3) is 0 Å². The van der Waals surface area contributed by atoms with Crippen molar-refractivity contribution >= 4 is 35.0 Å². The van der Waals surface area contributed by atoms with Crippen molar-refractivity contribution in [3.63, 3.8) is 0 Å². The molecule has 7 nitrogen and oxygen atoms in total. The van der Waals surface area contributed by atoms with Gasteiger partial charge in [0.1, 0.15) is 6.54 Å². The zero-order valence-corrected chi connectivity index (χ0v) is 14.4. The minimum absolute atomic E-state index is 0.104. The highest BCUT2D eigenvalue weighted by molar-refractivity contribution is 6.22. The molecule has 0 atom stereocenters. The molecule has 0 aliphatic carbocycles. The molecule has 2 aromatic rings. The molecule has 3 rings (SSSR count). The number of anilines is 2. The monoisotopic (exact) mass is 351 g/mol. The number of hydrogen-bond donors (Lipinski definition) is 1. The summed E-state index contributed by atoms with van der Waals surface area (Å²) < 4.78 is 0. The Morgan fingerprint density at radius 2 is 1.50 bits per heavy atom. The van der Waals surface area contributed by atoms with E-state index in [9.17, 15) is 19.2 Å². The van der Waals surface area contributed by atoms with Gasteiger partial charge >= 0.3 is 0 Å². The largest absolute Gasteiger partial charge is 0.325 e. The van der Waals surface area contributed by atoms with E-state index in [-0.39, 0.29) is 12.5 Å². The van der Waals surface area contributed by atoms with Crippen LogP contribution in [0.15, 0.2) is 48.5 Å². The zero-order chi connectivity index (χ0) is 18.8. The Morgan fingerprint density at radius 1 is 0.962 bits per heavy atom. The van der Waals surface area contributed by atoms with Crippen molar-refractivity contribution in [2.45, 2.75) is 6.92 Å². The Kier molecular flexibility index (Phi) is 4.53. The molecule has 0 spiro atoms. The van der Waals surface area contributed by atoms with Crippen molar-refractivity contribution in [3.05, 3.63) is 59.7 Å². The van der Waals surface area contributed by atoms with Crippen molar-refractivity contribution in [2.24, 2.45) is 0 Å². The summed E-state index contributed by atoms with van der Waals surface area (Å²) in [4.78, 5) is 50.5. The summed E-state index contributed by atoms with van der Waals surface area (Å²) in [6.07, 6.45) is 0. The summed E-state index contributed by atoms with van der Waals surface area (Å²) in [5, 5.41) is 2.64. The molecule has 1 aliphatic heterocycles. The second-order valence-corrected chi connectivity index (χ2v) is 5.92. The second-order valence-electron chi connectivity index (χ2n) is 5.92. The van der Waals surface area contributed by atoms with E-state index in [1.54, 1.807) is 55.6 Å². The molecular weight excluding hydrogens is 334 g/mol. The van der Waals surface area contributed by atoms with Crippen LogP contribution in [0.2, 0.25) is 0 Å². The van der Waals surface area contributed by atoms with Crippen molar-refractivity contribution in [3.8, 4) is 0 Å². The highest BCUT2D eigenvalue weighted by Gasteiger charge is 2.36. The van der Waals surface area contributed by atoms with Crippen LogP contribution in [-0.2, 0) is 9.59 Å². The SMILES string of the molecule is CC(=O)N(C)c1ccc(NC(=O)CN2C(=O)c3ccccc3C2=O)cc1. The zero-order valence-electron chi connectivity index (χ0n) is 14.4. The van der Waals surface area contributed by atoms with Gasteiger partial charge in [-0.15, -0.1) is 0 Å². The Bertz CT molecular complexity index is 870. The van der Waals surface area contributed by atoms with E-state index in [1.807, 2.05) is 0 Å². The van der Waals surface area contributed by atoms with Gasteiger partial charge in [0, 0.05) is 25.3 Å². The molecule has 0 aromatic heterocycles. The molecular formula is C19H17N3O4. The average Bonchev–Trinajstić information content (AvgIpc) is 2.87. The lowest BCUT2D eigenvalue weighted by atomic mass is 10.1. The van der Waals surface area contributed by atoms with Crippen molar-refractivity contribution in [1.29, 1.82) is 0 Å². The van der Waals surface area contributed by atoms with E-state index < -0.39 is 17.7 Å². The van der Waals surface area contributed by atoms with Gasteiger partial charge in [-0.3, -0.25) is 24.1 Å². The van der Waals surface area contributed by atoms with Crippen LogP contribution in [0.4, 0.5) is 11.4 Å². The van der Waals surface area contributed by atoms with Gasteiger partial charge in [0.15, 0.2) is 0 Å². The highest BCUT2D eigenvalue weighted by atomic mass is 16.2. The normalized spacial score (nSPS) is 12.8. The minimum Gasteiger partial charge on any atom is -0.325 e. The second kappa shape index (κ2) is 6.79. The van der Waals surface area contributed by atoms with Crippen LogP contribution in [0.3, 0.4) is 0 Å². The fourth-order valence-electron chi connectivity index (χ4n) is 2.68. The first-order valence-corrected chi connectivity index (χ1v) is 7.98. The predicted octanol–water partition coefficient (Wildman–Crippen LogP) is 1.90. The summed E-state index contributed by atoms with van der Waals surface area (Å²) in [6.45, 7) is 1.10. The van der Waals surface area contributed by atoms with Gasteiger partial charge in [-0.1, -0.05) is 12.1 Å². The lowest BCUT2D eigenvalue weighted by Gasteiger charge is -2.16. The van der Waals surface area contributed by atoms with Crippen LogP contribution in [0.5, 0.6) is 0 Å². The molecule has 132 valence electrons. The molecule has 0 saturated heterocycles. The van der Waals surface area contributed by atoms with E-state index in [2.05, 4.69) is 5.32 Å². The number of carbonyl (C=O) groups excluding carboxylic acids is 4. The topological polar surface area (TPSA) is 86.8 Å². The lowest BCUT2D eigenvalue weighted by molar-refractivity contribution is -0.117. The van der Waals surface area contributed by atoms with Crippen LogP contribution < -0.4 is 10.2 Å². The Morgan fingerprint density at radius 3 is 2.00 bits per heavy atom. The fraction of sp³-hybridized carbons (Fsp3) is 0.158. The molecule has 1 heterocycles. The first-order valence-electron chi connectivity index (χ1n) is 7.98. The minimum atomic E-state index is -0.479. The molecule has 0 saturated carbocycles. The first-order chi connectivity index (χ1) is 12.4. The average molecular weight is 351 g/mol. The summed E-state index contributed by atoms with van der Waals surface area (Å²) in [6, 6.07) is 13.2. The third-order valence-electron chi connectivity index (χ3n) is 4.19. The standard InChI is InChI=1S/C19H17N3O4/c1-12(23)21(2)14-9-7-13(8-10-14)20-17(24)11-22-18(25)15-5-3-4-6-16(15)19(22)26/h3-10H,11H2,1-2H3,(H,20,24). The number of hydrogen-bond acceptors (Lipinski definition) is 4. The number of nitrogens with one attached hydrogen (secondary N) is 1. The molecule has 0 radical (unpaired) electrons. The number of rotatable bonds is 4. The van der Waals surface area contributed by atoms with Crippen LogP contribution >= 0.6 is 0 Å². The Balaban J connectivity index is 1.66. The van der Waals surface area contributed by atoms with Crippen molar-refractivity contribution in [1.82, 2.24) is 4.90 Å². The molecule has 0 bridgehead atoms. The van der Waals surface area contributed by atoms with Gasteiger partial charge < -0.3 is 10.2 Å². The third kappa shape index (κ3) is 3.19. The molecule has 26 heavy (non-hydrogen) atoms. The smallest absolute Gasteiger partial charge is 0.262 e. The molecule has 1 N–H and O–H groups in total. The van der Waals surface area contributed by atoms with Gasteiger partial charge in [0.2, 0.25) is 11.8 Å². The maximum atomic E-state index is 12.3. The molecule has 1 aliphatic rings. The molecule has 7 heteroatoms. The van der Waals surface area contributed by atoms with Crippen molar-refractivity contribution in [2.75, 3.05) is 23.8 Å². The summed E-state index contributed by atoms with van der Waals surface area (Å²) in [5.41, 5.74) is 1.81. The van der Waals surface area contributed by atoms with Crippen LogP contribution in [0, 0.1) is 0 Å². The predicted molar refractivity (Wildman–Crippen MR) is 96.0 cm³/mol.